The van der Waals surface area contributed by atoms with E-state index < -0.39 is 0 Å². The number of carbonyl (C=O) groups excluding carboxylic acids is 1. The fourth-order valence-electron chi connectivity index (χ4n) is 3.07. The van der Waals surface area contributed by atoms with Crippen LogP contribution in [0.3, 0.4) is 0 Å². The van der Waals surface area contributed by atoms with Crippen LogP contribution >= 0.6 is 0 Å². The molecule has 4 aromatic rings. The first-order chi connectivity index (χ1) is 14.7. The van der Waals surface area contributed by atoms with Crippen molar-refractivity contribution in [3.05, 3.63) is 96.3 Å². The minimum absolute atomic E-state index is 0.124. The second-order valence-corrected chi connectivity index (χ2v) is 6.63. The Kier molecular flexibility index (Phi) is 5.85. The van der Waals surface area contributed by atoms with Crippen LogP contribution in [-0.4, -0.2) is 27.3 Å². The number of nitrogens with one attached hydrogen (secondary N) is 1. The Morgan fingerprint density at radius 2 is 1.60 bits per heavy atom. The number of benzene rings is 3. The summed E-state index contributed by atoms with van der Waals surface area (Å²) < 4.78 is 7.20. The van der Waals surface area contributed by atoms with Crippen molar-refractivity contribution in [3.63, 3.8) is 0 Å². The largest absolute Gasteiger partial charge is 0.494 e. The molecule has 0 bridgehead atoms. The molecule has 0 unspecified atom stereocenters. The van der Waals surface area contributed by atoms with E-state index in [0.29, 0.717) is 19.0 Å². The van der Waals surface area contributed by atoms with Crippen LogP contribution in [0, 0.1) is 0 Å². The van der Waals surface area contributed by atoms with Crippen LogP contribution in [0.5, 0.6) is 5.75 Å². The normalized spacial score (nSPS) is 10.6. The van der Waals surface area contributed by atoms with Gasteiger partial charge in [-0.3, -0.25) is 4.79 Å². The zero-order valence-corrected chi connectivity index (χ0v) is 16.7. The molecule has 1 amide bonds. The molecule has 1 heterocycles. The van der Waals surface area contributed by atoms with Gasteiger partial charge in [0.1, 0.15) is 5.75 Å². The molecule has 0 fully saturated rings. The summed E-state index contributed by atoms with van der Waals surface area (Å²) in [4.78, 5) is 17.3. The quantitative estimate of drug-likeness (QED) is 0.505. The van der Waals surface area contributed by atoms with Crippen molar-refractivity contribution < 1.29 is 9.53 Å². The van der Waals surface area contributed by atoms with E-state index in [1.165, 1.54) is 0 Å². The van der Waals surface area contributed by atoms with Crippen LogP contribution in [0.25, 0.3) is 17.1 Å². The van der Waals surface area contributed by atoms with Crippen LogP contribution in [0.4, 0.5) is 0 Å². The van der Waals surface area contributed by atoms with E-state index in [1.54, 1.807) is 4.68 Å². The Balaban J connectivity index is 1.64. The molecule has 0 atom stereocenters. The molecular weight excluding hydrogens is 376 g/mol. The summed E-state index contributed by atoms with van der Waals surface area (Å²) in [5, 5.41) is 7.38. The maximum Gasteiger partial charge on any atom is 0.291 e. The van der Waals surface area contributed by atoms with Crippen LogP contribution in [0.2, 0.25) is 0 Å². The van der Waals surface area contributed by atoms with Crippen molar-refractivity contribution in [1.29, 1.82) is 0 Å². The van der Waals surface area contributed by atoms with Gasteiger partial charge < -0.3 is 10.1 Å². The first kappa shape index (κ1) is 19.4. The van der Waals surface area contributed by atoms with E-state index in [1.807, 2.05) is 91.9 Å². The van der Waals surface area contributed by atoms with Crippen LogP contribution in [-0.2, 0) is 6.54 Å². The fraction of sp³-hybridized carbons (Fsp3) is 0.125. The molecule has 0 spiro atoms. The fourth-order valence-corrected chi connectivity index (χ4v) is 3.07. The summed E-state index contributed by atoms with van der Waals surface area (Å²) >= 11 is 0. The van der Waals surface area contributed by atoms with Gasteiger partial charge in [-0.2, -0.15) is 0 Å². The summed E-state index contributed by atoms with van der Waals surface area (Å²) in [6, 6.07) is 27.0. The first-order valence-corrected chi connectivity index (χ1v) is 9.82. The van der Waals surface area contributed by atoms with E-state index in [-0.39, 0.29) is 11.7 Å². The smallest absolute Gasteiger partial charge is 0.291 e. The zero-order chi connectivity index (χ0) is 20.8. The Bertz CT molecular complexity index is 1110. The second kappa shape index (κ2) is 9.05. The van der Waals surface area contributed by atoms with Gasteiger partial charge in [0.05, 0.1) is 12.3 Å². The van der Waals surface area contributed by atoms with Crippen molar-refractivity contribution in [2.75, 3.05) is 6.61 Å². The van der Waals surface area contributed by atoms with Crippen molar-refractivity contribution in [2.24, 2.45) is 0 Å². The number of ether oxygens (including phenoxy) is 1. The summed E-state index contributed by atoms with van der Waals surface area (Å²) in [6.07, 6.45) is 0. The molecule has 0 radical (unpaired) electrons. The minimum atomic E-state index is -0.319. The van der Waals surface area contributed by atoms with E-state index in [9.17, 15) is 4.79 Å². The molecule has 0 saturated heterocycles. The number of hydrogen-bond donors (Lipinski definition) is 1. The number of aromatic nitrogens is 3. The molecule has 1 N–H and O–H groups in total. The van der Waals surface area contributed by atoms with Crippen molar-refractivity contribution in [1.82, 2.24) is 20.1 Å². The monoisotopic (exact) mass is 398 g/mol. The van der Waals surface area contributed by atoms with Crippen LogP contribution in [0.1, 0.15) is 23.1 Å². The summed E-state index contributed by atoms with van der Waals surface area (Å²) in [7, 11) is 0. The average Bonchev–Trinajstić information content (AvgIpc) is 3.25. The van der Waals surface area contributed by atoms with Gasteiger partial charge in [-0.1, -0.05) is 60.7 Å². The highest BCUT2D eigenvalue weighted by Gasteiger charge is 2.18. The Morgan fingerprint density at radius 3 is 2.27 bits per heavy atom. The van der Waals surface area contributed by atoms with Gasteiger partial charge in [-0.05, 0) is 36.8 Å². The predicted molar refractivity (Wildman–Crippen MR) is 116 cm³/mol. The first-order valence-electron chi connectivity index (χ1n) is 9.82. The Labute approximate surface area is 175 Å². The van der Waals surface area contributed by atoms with E-state index in [4.69, 9.17) is 4.74 Å². The number of hydrogen-bond acceptors (Lipinski definition) is 4. The van der Waals surface area contributed by atoms with Gasteiger partial charge in [0.2, 0.25) is 5.82 Å². The summed E-state index contributed by atoms with van der Waals surface area (Å²) in [6.45, 7) is 2.96. The molecule has 0 aliphatic heterocycles. The molecule has 0 saturated carbocycles. The van der Waals surface area contributed by atoms with Gasteiger partial charge in [-0.15, -0.1) is 5.10 Å². The Hall–Kier alpha value is -3.93. The molecule has 4 rings (SSSR count). The van der Waals surface area contributed by atoms with Crippen molar-refractivity contribution in [2.45, 2.75) is 13.5 Å². The third kappa shape index (κ3) is 4.38. The van der Waals surface area contributed by atoms with E-state index >= 15 is 0 Å². The van der Waals surface area contributed by atoms with E-state index in [2.05, 4.69) is 15.4 Å². The number of nitrogens with zero attached hydrogens (tertiary/aromatic N) is 3. The molecule has 1 aromatic heterocycles. The van der Waals surface area contributed by atoms with Crippen LogP contribution in [0.15, 0.2) is 84.9 Å². The average molecular weight is 398 g/mol. The third-order valence-electron chi connectivity index (χ3n) is 4.53. The molecule has 3 aromatic carbocycles. The lowest BCUT2D eigenvalue weighted by atomic mass is 10.2. The topological polar surface area (TPSA) is 69.0 Å². The molecule has 30 heavy (non-hydrogen) atoms. The SMILES string of the molecule is CCOc1ccc(-n2nc(C(=O)NCc3ccccc3)nc2-c2ccccc2)cc1. The number of carbonyl (C=O) groups is 1. The zero-order valence-electron chi connectivity index (χ0n) is 16.7. The second-order valence-electron chi connectivity index (χ2n) is 6.63. The highest BCUT2D eigenvalue weighted by Crippen LogP contribution is 2.23. The van der Waals surface area contributed by atoms with Crippen molar-refractivity contribution in [3.8, 4) is 22.8 Å². The standard InChI is InChI=1S/C24H22N4O2/c1-2-30-21-15-13-20(14-16-21)28-23(19-11-7-4-8-12-19)26-22(27-28)24(29)25-17-18-9-5-3-6-10-18/h3-16H,2,17H2,1H3,(H,25,29). The van der Waals surface area contributed by atoms with Gasteiger partial charge in [0, 0.05) is 12.1 Å². The maximum atomic E-state index is 12.7. The van der Waals surface area contributed by atoms with Gasteiger partial charge in [-0.25, -0.2) is 9.67 Å². The molecule has 0 aliphatic rings. The lowest BCUT2D eigenvalue weighted by Gasteiger charge is -2.07. The Morgan fingerprint density at radius 1 is 0.933 bits per heavy atom. The lowest BCUT2D eigenvalue weighted by Crippen LogP contribution is -2.24. The number of rotatable bonds is 7. The number of amides is 1. The molecule has 0 aliphatic carbocycles. The minimum Gasteiger partial charge on any atom is -0.494 e. The molecular formula is C24H22N4O2. The summed E-state index contributed by atoms with van der Waals surface area (Å²) in [5.74, 6) is 1.19. The maximum absolute atomic E-state index is 12.7. The summed E-state index contributed by atoms with van der Waals surface area (Å²) in [5.41, 5.74) is 2.69. The van der Waals surface area contributed by atoms with Gasteiger partial charge in [0.25, 0.3) is 5.91 Å². The highest BCUT2D eigenvalue weighted by atomic mass is 16.5. The van der Waals surface area contributed by atoms with Crippen LogP contribution < -0.4 is 10.1 Å². The highest BCUT2D eigenvalue weighted by molar-refractivity contribution is 5.91. The molecule has 150 valence electrons. The lowest BCUT2D eigenvalue weighted by molar-refractivity contribution is 0.0940. The molecule has 6 nitrogen and oxygen atoms in total. The molecule has 6 heteroatoms. The van der Waals surface area contributed by atoms with Gasteiger partial charge in [0.15, 0.2) is 5.82 Å². The van der Waals surface area contributed by atoms with Gasteiger partial charge >= 0.3 is 0 Å². The predicted octanol–water partition coefficient (Wildman–Crippen LogP) is 4.26. The van der Waals surface area contributed by atoms with Crippen molar-refractivity contribution >= 4 is 5.91 Å². The third-order valence-corrected chi connectivity index (χ3v) is 4.53. The van der Waals surface area contributed by atoms with E-state index in [0.717, 1.165) is 22.6 Å².